The smallest absolute Gasteiger partial charge is 0.257 e. The molecule has 0 saturated carbocycles. The number of hydrogen-bond donors (Lipinski definition) is 1. The normalized spacial score (nSPS) is 18.3. The first-order chi connectivity index (χ1) is 9.27. The van der Waals surface area contributed by atoms with E-state index in [0.29, 0.717) is 24.0 Å². The van der Waals surface area contributed by atoms with Gasteiger partial charge in [-0.2, -0.15) is 0 Å². The second-order valence-corrected chi connectivity index (χ2v) is 4.67. The van der Waals surface area contributed by atoms with Crippen LogP contribution < -0.4 is 10.1 Å². The Kier molecular flexibility index (Phi) is 4.80. The monoisotopic (exact) mass is 262 g/mol. The van der Waals surface area contributed by atoms with Gasteiger partial charge in [-0.25, -0.2) is 0 Å². The van der Waals surface area contributed by atoms with E-state index in [-0.39, 0.29) is 5.91 Å². The maximum absolute atomic E-state index is 12.7. The highest BCUT2D eigenvalue weighted by atomic mass is 16.5. The van der Waals surface area contributed by atoms with Crippen LogP contribution >= 0.6 is 0 Å². The van der Waals surface area contributed by atoms with Gasteiger partial charge in [0, 0.05) is 19.1 Å². The molecular formula is C15H22N2O2. The number of ether oxygens (including phenoxy) is 1. The largest absolute Gasteiger partial charge is 0.493 e. The van der Waals surface area contributed by atoms with Crippen LogP contribution in [0.3, 0.4) is 0 Å². The number of nitrogens with one attached hydrogen (secondary N) is 1. The number of hydrogen-bond acceptors (Lipinski definition) is 3. The Morgan fingerprint density at radius 2 is 2.21 bits per heavy atom. The van der Waals surface area contributed by atoms with Crippen molar-refractivity contribution in [3.8, 4) is 5.75 Å². The summed E-state index contributed by atoms with van der Waals surface area (Å²) in [5.74, 6) is 0.750. The van der Waals surface area contributed by atoms with E-state index in [9.17, 15) is 4.79 Å². The molecule has 0 radical (unpaired) electrons. The Hall–Kier alpha value is -1.55. The molecule has 0 spiro atoms. The lowest BCUT2D eigenvalue weighted by atomic mass is 10.1. The van der Waals surface area contributed by atoms with Crippen molar-refractivity contribution in [1.29, 1.82) is 0 Å². The van der Waals surface area contributed by atoms with E-state index in [1.165, 1.54) is 0 Å². The SMILES string of the molecule is CCOc1ccccc1C(=O)N(CC)[C@H]1CCNC1. The van der Waals surface area contributed by atoms with Crippen LogP contribution in [-0.4, -0.2) is 43.1 Å². The highest BCUT2D eigenvalue weighted by molar-refractivity contribution is 5.97. The van der Waals surface area contributed by atoms with Crippen molar-refractivity contribution in [1.82, 2.24) is 10.2 Å². The average molecular weight is 262 g/mol. The lowest BCUT2D eigenvalue weighted by Crippen LogP contribution is -2.41. The molecule has 4 heteroatoms. The summed E-state index contributed by atoms with van der Waals surface area (Å²) in [5, 5.41) is 3.31. The lowest BCUT2D eigenvalue weighted by molar-refractivity contribution is 0.0699. The molecule has 0 aliphatic carbocycles. The molecule has 4 nitrogen and oxygen atoms in total. The van der Waals surface area contributed by atoms with E-state index < -0.39 is 0 Å². The van der Waals surface area contributed by atoms with Crippen LogP contribution in [0.4, 0.5) is 0 Å². The molecule has 1 aromatic carbocycles. The predicted molar refractivity (Wildman–Crippen MR) is 75.6 cm³/mol. The van der Waals surface area contributed by atoms with Crippen molar-refractivity contribution in [2.75, 3.05) is 26.2 Å². The van der Waals surface area contributed by atoms with E-state index in [1.54, 1.807) is 0 Å². The highest BCUT2D eigenvalue weighted by Crippen LogP contribution is 2.22. The second-order valence-electron chi connectivity index (χ2n) is 4.67. The van der Waals surface area contributed by atoms with E-state index in [1.807, 2.05) is 43.0 Å². The molecule has 1 aliphatic heterocycles. The molecule has 2 rings (SSSR count). The number of carbonyl (C=O) groups is 1. The van der Waals surface area contributed by atoms with Crippen LogP contribution in [0.2, 0.25) is 0 Å². The molecule has 0 aromatic heterocycles. The van der Waals surface area contributed by atoms with Gasteiger partial charge in [-0.3, -0.25) is 4.79 Å². The average Bonchev–Trinajstić information content (AvgIpc) is 2.94. The van der Waals surface area contributed by atoms with Gasteiger partial charge in [0.15, 0.2) is 0 Å². The molecule has 1 aliphatic rings. The molecule has 104 valence electrons. The van der Waals surface area contributed by atoms with Crippen molar-refractivity contribution < 1.29 is 9.53 Å². The molecule has 1 heterocycles. The third-order valence-electron chi connectivity index (χ3n) is 3.49. The van der Waals surface area contributed by atoms with Gasteiger partial charge in [-0.15, -0.1) is 0 Å². The molecular weight excluding hydrogens is 240 g/mol. The summed E-state index contributed by atoms with van der Waals surface area (Å²) in [6, 6.07) is 7.79. The van der Waals surface area contributed by atoms with Crippen LogP contribution in [0.1, 0.15) is 30.6 Å². The second kappa shape index (κ2) is 6.57. The van der Waals surface area contributed by atoms with Crippen LogP contribution in [0.15, 0.2) is 24.3 Å². The van der Waals surface area contributed by atoms with Crippen LogP contribution in [0, 0.1) is 0 Å². The highest BCUT2D eigenvalue weighted by Gasteiger charge is 2.27. The zero-order valence-electron chi connectivity index (χ0n) is 11.7. The minimum absolute atomic E-state index is 0.0697. The molecule has 1 fully saturated rings. The number of amides is 1. The number of benzene rings is 1. The zero-order valence-corrected chi connectivity index (χ0v) is 11.7. The lowest BCUT2D eigenvalue weighted by Gasteiger charge is -2.27. The summed E-state index contributed by atoms with van der Waals surface area (Å²) in [5.41, 5.74) is 0.665. The molecule has 1 N–H and O–H groups in total. The fourth-order valence-corrected chi connectivity index (χ4v) is 2.55. The Morgan fingerprint density at radius 3 is 2.84 bits per heavy atom. The van der Waals surface area contributed by atoms with Crippen molar-refractivity contribution in [3.05, 3.63) is 29.8 Å². The first-order valence-electron chi connectivity index (χ1n) is 7.01. The van der Waals surface area contributed by atoms with Gasteiger partial charge in [0.2, 0.25) is 0 Å². The van der Waals surface area contributed by atoms with Gasteiger partial charge in [-0.05, 0) is 38.9 Å². The number of carbonyl (C=O) groups excluding carboxylic acids is 1. The molecule has 0 unspecified atom stereocenters. The van der Waals surface area contributed by atoms with Crippen molar-refractivity contribution >= 4 is 5.91 Å². The fourth-order valence-electron chi connectivity index (χ4n) is 2.55. The van der Waals surface area contributed by atoms with Crippen molar-refractivity contribution in [3.63, 3.8) is 0 Å². The molecule has 1 atom stereocenters. The van der Waals surface area contributed by atoms with Gasteiger partial charge < -0.3 is 15.0 Å². The summed E-state index contributed by atoms with van der Waals surface area (Å²) in [4.78, 5) is 14.6. The minimum Gasteiger partial charge on any atom is -0.493 e. The molecule has 1 aromatic rings. The van der Waals surface area contributed by atoms with Crippen molar-refractivity contribution in [2.45, 2.75) is 26.3 Å². The molecule has 19 heavy (non-hydrogen) atoms. The summed E-state index contributed by atoms with van der Waals surface area (Å²) in [7, 11) is 0. The Bertz CT molecular complexity index is 428. The summed E-state index contributed by atoms with van der Waals surface area (Å²) < 4.78 is 5.55. The zero-order chi connectivity index (χ0) is 13.7. The van der Waals surface area contributed by atoms with Gasteiger partial charge in [0.1, 0.15) is 5.75 Å². The van der Waals surface area contributed by atoms with Crippen LogP contribution in [0.5, 0.6) is 5.75 Å². The molecule has 1 amide bonds. The third-order valence-corrected chi connectivity index (χ3v) is 3.49. The standard InChI is InChI=1S/C15H22N2O2/c1-3-17(12-9-10-16-11-12)15(18)13-7-5-6-8-14(13)19-4-2/h5-8,12,16H,3-4,9-11H2,1-2H3/t12-/m0/s1. The number of para-hydroxylation sites is 1. The van der Waals surface area contributed by atoms with E-state index in [2.05, 4.69) is 5.32 Å². The Balaban J connectivity index is 2.21. The maximum Gasteiger partial charge on any atom is 0.257 e. The Labute approximate surface area is 114 Å². The number of nitrogens with zero attached hydrogens (tertiary/aromatic N) is 1. The van der Waals surface area contributed by atoms with E-state index >= 15 is 0 Å². The number of rotatable bonds is 5. The first-order valence-corrected chi connectivity index (χ1v) is 7.01. The third kappa shape index (κ3) is 3.07. The summed E-state index contributed by atoms with van der Waals surface area (Å²) in [6.07, 6.45) is 1.02. The molecule has 0 bridgehead atoms. The van der Waals surface area contributed by atoms with Crippen molar-refractivity contribution in [2.24, 2.45) is 0 Å². The first kappa shape index (κ1) is 13.9. The van der Waals surface area contributed by atoms with Crippen LogP contribution in [0.25, 0.3) is 0 Å². The quantitative estimate of drug-likeness (QED) is 0.881. The molecule has 1 saturated heterocycles. The van der Waals surface area contributed by atoms with Gasteiger partial charge >= 0.3 is 0 Å². The van der Waals surface area contributed by atoms with E-state index in [4.69, 9.17) is 4.74 Å². The predicted octanol–water partition coefficient (Wildman–Crippen LogP) is 1.91. The fraction of sp³-hybridized carbons (Fsp3) is 0.533. The topological polar surface area (TPSA) is 41.6 Å². The summed E-state index contributed by atoms with van der Waals surface area (Å²) in [6.45, 7) is 7.13. The van der Waals surface area contributed by atoms with Gasteiger partial charge in [-0.1, -0.05) is 12.1 Å². The minimum atomic E-state index is 0.0697. The number of likely N-dealkylation sites (N-methyl/N-ethyl adjacent to an activating group) is 1. The van der Waals surface area contributed by atoms with E-state index in [0.717, 1.165) is 26.1 Å². The van der Waals surface area contributed by atoms with Gasteiger partial charge in [0.25, 0.3) is 5.91 Å². The van der Waals surface area contributed by atoms with Gasteiger partial charge in [0.05, 0.1) is 12.2 Å². The summed E-state index contributed by atoms with van der Waals surface area (Å²) >= 11 is 0. The Morgan fingerprint density at radius 1 is 1.42 bits per heavy atom. The van der Waals surface area contributed by atoms with Crippen LogP contribution in [-0.2, 0) is 0 Å². The maximum atomic E-state index is 12.7.